The quantitative estimate of drug-likeness (QED) is 0.501. The average molecular weight is 163 g/mol. The number of carbonyl (C=O) groups is 1. The van der Waals surface area contributed by atoms with E-state index >= 15 is 0 Å². The van der Waals surface area contributed by atoms with Crippen LogP contribution in [0, 0.1) is 6.92 Å². The van der Waals surface area contributed by atoms with Crippen LogP contribution in [0.2, 0.25) is 0 Å². The zero-order valence-electron chi connectivity index (χ0n) is 6.73. The molecular formula is C9H9NO2. The Hall–Kier alpha value is -1.64. The molecule has 3 heteroatoms. The molecular weight excluding hydrogens is 154 g/mol. The number of nitrogens with zero attached hydrogens (tertiary/aromatic N) is 1. The molecule has 0 aliphatic rings. The van der Waals surface area contributed by atoms with Gasteiger partial charge in [-0.3, -0.25) is 9.78 Å². The molecule has 1 heterocycles. The summed E-state index contributed by atoms with van der Waals surface area (Å²) in [6, 6.07) is 3.72. The monoisotopic (exact) mass is 163 g/mol. The van der Waals surface area contributed by atoms with Gasteiger partial charge in [0.05, 0.1) is 6.26 Å². The predicted molar refractivity (Wildman–Crippen MR) is 45.2 cm³/mol. The van der Waals surface area contributed by atoms with Crippen molar-refractivity contribution in [2.24, 2.45) is 0 Å². The SMILES string of the molecule is Cc1cc(C=COC=O)ccn1. The van der Waals surface area contributed by atoms with Crippen molar-refractivity contribution in [3.63, 3.8) is 0 Å². The third-order valence-electron chi connectivity index (χ3n) is 1.32. The van der Waals surface area contributed by atoms with Crippen LogP contribution >= 0.6 is 0 Å². The highest BCUT2D eigenvalue weighted by molar-refractivity contribution is 5.50. The van der Waals surface area contributed by atoms with Gasteiger partial charge in [-0.15, -0.1) is 0 Å². The fourth-order valence-electron chi connectivity index (χ4n) is 0.821. The summed E-state index contributed by atoms with van der Waals surface area (Å²) >= 11 is 0. The highest BCUT2D eigenvalue weighted by Crippen LogP contribution is 2.02. The van der Waals surface area contributed by atoms with Gasteiger partial charge < -0.3 is 4.74 Å². The highest BCUT2D eigenvalue weighted by Gasteiger charge is 1.87. The summed E-state index contributed by atoms with van der Waals surface area (Å²) in [5.41, 5.74) is 1.90. The van der Waals surface area contributed by atoms with Crippen LogP contribution in [0.3, 0.4) is 0 Å². The summed E-state index contributed by atoms with van der Waals surface area (Å²) in [7, 11) is 0. The van der Waals surface area contributed by atoms with Crippen molar-refractivity contribution in [1.82, 2.24) is 4.98 Å². The lowest BCUT2D eigenvalue weighted by molar-refractivity contribution is -0.123. The Kier molecular flexibility index (Phi) is 3.02. The van der Waals surface area contributed by atoms with Crippen molar-refractivity contribution in [2.45, 2.75) is 6.92 Å². The molecule has 0 spiro atoms. The van der Waals surface area contributed by atoms with E-state index in [1.807, 2.05) is 19.1 Å². The van der Waals surface area contributed by atoms with Crippen LogP contribution in [0.15, 0.2) is 24.6 Å². The van der Waals surface area contributed by atoms with Crippen LogP contribution in [-0.4, -0.2) is 11.5 Å². The molecule has 62 valence electrons. The van der Waals surface area contributed by atoms with Crippen molar-refractivity contribution in [3.8, 4) is 0 Å². The molecule has 0 aliphatic heterocycles. The van der Waals surface area contributed by atoms with E-state index in [0.717, 1.165) is 11.3 Å². The van der Waals surface area contributed by atoms with Gasteiger partial charge in [-0.2, -0.15) is 0 Å². The minimum absolute atomic E-state index is 0.380. The molecule has 0 saturated heterocycles. The normalized spacial score (nSPS) is 10.1. The number of aryl methyl sites for hydroxylation is 1. The Bertz CT molecular complexity index is 294. The number of pyridine rings is 1. The standard InChI is InChI=1S/C9H9NO2/c1-8-6-9(2-4-10-8)3-5-12-7-11/h2-7H,1H3. The summed E-state index contributed by atoms with van der Waals surface area (Å²) in [4.78, 5) is 13.8. The minimum Gasteiger partial charge on any atom is -0.437 e. The molecule has 0 unspecified atom stereocenters. The van der Waals surface area contributed by atoms with Gasteiger partial charge in [0, 0.05) is 11.9 Å². The van der Waals surface area contributed by atoms with Gasteiger partial charge in [0.25, 0.3) is 6.47 Å². The molecule has 0 atom stereocenters. The molecule has 0 amide bonds. The molecule has 0 aromatic carbocycles. The van der Waals surface area contributed by atoms with Gasteiger partial charge in [-0.1, -0.05) is 0 Å². The maximum absolute atomic E-state index is 9.78. The van der Waals surface area contributed by atoms with E-state index < -0.39 is 0 Å². The first-order valence-electron chi connectivity index (χ1n) is 3.51. The third kappa shape index (κ3) is 2.54. The lowest BCUT2D eigenvalue weighted by Crippen LogP contribution is -1.80. The first kappa shape index (κ1) is 8.46. The van der Waals surface area contributed by atoms with E-state index in [4.69, 9.17) is 0 Å². The lowest BCUT2D eigenvalue weighted by Gasteiger charge is -1.93. The number of hydrogen-bond acceptors (Lipinski definition) is 3. The van der Waals surface area contributed by atoms with Gasteiger partial charge in [0.15, 0.2) is 0 Å². The molecule has 0 bridgehead atoms. The van der Waals surface area contributed by atoms with Crippen molar-refractivity contribution in [1.29, 1.82) is 0 Å². The Morgan fingerprint density at radius 2 is 2.42 bits per heavy atom. The number of aromatic nitrogens is 1. The van der Waals surface area contributed by atoms with Crippen molar-refractivity contribution in [2.75, 3.05) is 0 Å². The third-order valence-corrected chi connectivity index (χ3v) is 1.32. The summed E-state index contributed by atoms with van der Waals surface area (Å²) in [6.45, 7) is 2.28. The Balaban J connectivity index is 2.69. The molecule has 12 heavy (non-hydrogen) atoms. The van der Waals surface area contributed by atoms with E-state index in [0.29, 0.717) is 6.47 Å². The van der Waals surface area contributed by atoms with Gasteiger partial charge in [0.2, 0.25) is 0 Å². The van der Waals surface area contributed by atoms with Crippen molar-refractivity contribution >= 4 is 12.5 Å². The number of rotatable bonds is 3. The second-order valence-corrected chi connectivity index (χ2v) is 2.27. The lowest BCUT2D eigenvalue weighted by atomic mass is 10.2. The Morgan fingerprint density at radius 1 is 1.58 bits per heavy atom. The maximum Gasteiger partial charge on any atom is 0.297 e. The van der Waals surface area contributed by atoms with E-state index in [2.05, 4.69) is 9.72 Å². The van der Waals surface area contributed by atoms with E-state index in [1.165, 1.54) is 6.26 Å². The van der Waals surface area contributed by atoms with E-state index in [9.17, 15) is 4.79 Å². The largest absolute Gasteiger partial charge is 0.437 e. The van der Waals surface area contributed by atoms with Gasteiger partial charge in [-0.05, 0) is 30.7 Å². The smallest absolute Gasteiger partial charge is 0.297 e. The van der Waals surface area contributed by atoms with Crippen LogP contribution in [0.4, 0.5) is 0 Å². The Morgan fingerprint density at radius 3 is 3.08 bits per heavy atom. The first-order chi connectivity index (χ1) is 5.83. The predicted octanol–water partition coefficient (Wildman–Crippen LogP) is 1.53. The fraction of sp³-hybridized carbons (Fsp3) is 0.111. The molecule has 0 aliphatic carbocycles. The molecule has 1 aromatic heterocycles. The van der Waals surface area contributed by atoms with Crippen LogP contribution in [0.25, 0.3) is 6.08 Å². The minimum atomic E-state index is 0.380. The molecule has 3 nitrogen and oxygen atoms in total. The average Bonchev–Trinajstić information content (AvgIpc) is 2.05. The number of carbonyl (C=O) groups excluding carboxylic acids is 1. The number of hydrogen-bond donors (Lipinski definition) is 0. The maximum atomic E-state index is 9.78. The summed E-state index contributed by atoms with van der Waals surface area (Å²) < 4.78 is 4.40. The molecule has 1 rings (SSSR count). The molecule has 0 fully saturated rings. The topological polar surface area (TPSA) is 39.2 Å². The molecule has 0 N–H and O–H groups in total. The van der Waals surface area contributed by atoms with E-state index in [-0.39, 0.29) is 0 Å². The highest BCUT2D eigenvalue weighted by atomic mass is 16.5. The van der Waals surface area contributed by atoms with Crippen molar-refractivity contribution in [3.05, 3.63) is 35.8 Å². The zero-order valence-corrected chi connectivity index (χ0v) is 6.73. The fourth-order valence-corrected chi connectivity index (χ4v) is 0.821. The summed E-state index contributed by atoms with van der Waals surface area (Å²) in [6.07, 6.45) is 4.74. The van der Waals surface area contributed by atoms with Gasteiger partial charge in [-0.25, -0.2) is 0 Å². The first-order valence-corrected chi connectivity index (χ1v) is 3.51. The summed E-state index contributed by atoms with van der Waals surface area (Å²) in [5.74, 6) is 0. The van der Waals surface area contributed by atoms with Gasteiger partial charge >= 0.3 is 0 Å². The van der Waals surface area contributed by atoms with Crippen LogP contribution in [-0.2, 0) is 9.53 Å². The molecule has 1 aromatic rings. The number of ether oxygens (including phenoxy) is 1. The molecule has 0 saturated carbocycles. The molecule has 0 radical (unpaired) electrons. The van der Waals surface area contributed by atoms with Crippen LogP contribution in [0.5, 0.6) is 0 Å². The second-order valence-electron chi connectivity index (χ2n) is 2.27. The second kappa shape index (κ2) is 4.28. The van der Waals surface area contributed by atoms with Crippen molar-refractivity contribution < 1.29 is 9.53 Å². The Labute approximate surface area is 70.7 Å². The van der Waals surface area contributed by atoms with Gasteiger partial charge in [0.1, 0.15) is 0 Å². The van der Waals surface area contributed by atoms with E-state index in [1.54, 1.807) is 12.3 Å². The zero-order chi connectivity index (χ0) is 8.81. The van der Waals surface area contributed by atoms with Crippen LogP contribution < -0.4 is 0 Å². The summed E-state index contributed by atoms with van der Waals surface area (Å²) in [5, 5.41) is 0. The van der Waals surface area contributed by atoms with Crippen LogP contribution in [0.1, 0.15) is 11.3 Å².